The monoisotopic (exact) mass is 316 g/mol. The van der Waals surface area contributed by atoms with Crippen molar-refractivity contribution in [3.05, 3.63) is 0 Å². The van der Waals surface area contributed by atoms with Gasteiger partial charge in [0.25, 0.3) is 0 Å². The first kappa shape index (κ1) is 17.2. The van der Waals surface area contributed by atoms with Crippen molar-refractivity contribution in [2.75, 3.05) is 25.4 Å². The lowest BCUT2D eigenvalue weighted by Crippen LogP contribution is -2.66. The quantitative estimate of drug-likeness (QED) is 0.813. The van der Waals surface area contributed by atoms with E-state index in [9.17, 15) is 8.42 Å². The zero-order valence-electron chi connectivity index (χ0n) is 14.2. The van der Waals surface area contributed by atoms with E-state index in [-0.39, 0.29) is 16.5 Å². The van der Waals surface area contributed by atoms with Crippen LogP contribution in [0.2, 0.25) is 0 Å². The van der Waals surface area contributed by atoms with Gasteiger partial charge >= 0.3 is 0 Å². The molecule has 1 aliphatic heterocycles. The molecule has 0 aromatic heterocycles. The minimum atomic E-state index is -2.95. The van der Waals surface area contributed by atoms with Gasteiger partial charge in [0.1, 0.15) is 0 Å². The lowest BCUT2D eigenvalue weighted by atomic mass is 9.87. The number of nitrogens with one attached hydrogen (secondary N) is 1. The molecule has 0 aromatic rings. The second-order valence-electron chi connectivity index (χ2n) is 7.72. The van der Waals surface area contributed by atoms with E-state index in [1.807, 2.05) is 0 Å². The van der Waals surface area contributed by atoms with Crippen LogP contribution in [0.5, 0.6) is 0 Å². The van der Waals surface area contributed by atoms with Crippen molar-refractivity contribution in [3.63, 3.8) is 0 Å². The molecular weight excluding hydrogens is 284 g/mol. The van der Waals surface area contributed by atoms with E-state index in [2.05, 4.69) is 31.0 Å². The molecule has 1 N–H and O–H groups in total. The zero-order chi connectivity index (χ0) is 15.8. The number of piperazine rings is 1. The summed E-state index contributed by atoms with van der Waals surface area (Å²) in [6, 6.07) is 0.471. The number of hydrogen-bond donors (Lipinski definition) is 1. The van der Waals surface area contributed by atoms with Crippen LogP contribution >= 0.6 is 0 Å². The summed E-state index contributed by atoms with van der Waals surface area (Å²) in [6.45, 7) is 13.0. The van der Waals surface area contributed by atoms with Gasteiger partial charge in [-0.15, -0.1) is 0 Å². The molecule has 0 radical (unpaired) electrons. The maximum atomic E-state index is 12.1. The molecule has 1 heterocycles. The van der Waals surface area contributed by atoms with Crippen molar-refractivity contribution in [3.8, 4) is 0 Å². The average Bonchev–Trinajstić information content (AvgIpc) is 3.21. The van der Waals surface area contributed by atoms with Gasteiger partial charge in [-0.3, -0.25) is 4.90 Å². The lowest BCUT2D eigenvalue weighted by Gasteiger charge is -2.49. The molecule has 0 amide bonds. The van der Waals surface area contributed by atoms with E-state index in [1.165, 1.54) is 12.8 Å². The Labute approximate surface area is 130 Å². The van der Waals surface area contributed by atoms with Crippen LogP contribution in [-0.4, -0.2) is 55.5 Å². The minimum Gasteiger partial charge on any atom is -0.311 e. The second-order valence-corrected chi connectivity index (χ2v) is 10.4. The summed E-state index contributed by atoms with van der Waals surface area (Å²) in [5, 5.41) is 3.42. The fraction of sp³-hybridized carbons (Fsp3) is 1.00. The van der Waals surface area contributed by atoms with E-state index >= 15 is 0 Å². The average molecular weight is 317 g/mol. The molecule has 124 valence electrons. The highest BCUT2D eigenvalue weighted by atomic mass is 32.2. The summed E-state index contributed by atoms with van der Waals surface area (Å²) in [5.41, 5.74) is 0.137. The van der Waals surface area contributed by atoms with Crippen LogP contribution in [0.15, 0.2) is 0 Å². The first-order valence-electron chi connectivity index (χ1n) is 8.37. The smallest absolute Gasteiger partial charge is 0.153 e. The Morgan fingerprint density at radius 1 is 1.24 bits per heavy atom. The van der Waals surface area contributed by atoms with Gasteiger partial charge in [0.15, 0.2) is 9.84 Å². The number of nitrogens with zero attached hydrogens (tertiary/aromatic N) is 1. The van der Waals surface area contributed by atoms with Gasteiger partial charge in [0, 0.05) is 31.2 Å². The normalized spacial score (nSPS) is 32.0. The third-order valence-corrected chi connectivity index (χ3v) is 7.68. The number of sulfone groups is 1. The third kappa shape index (κ3) is 3.80. The summed E-state index contributed by atoms with van der Waals surface area (Å²) in [4.78, 5) is 2.46. The SMILES string of the molecule is CC(C)C1CN(CCS(=O)(=O)C(C)C)C(C)(C2CC2)CN1. The van der Waals surface area contributed by atoms with Crippen LogP contribution in [0.4, 0.5) is 0 Å². The van der Waals surface area contributed by atoms with Crippen LogP contribution < -0.4 is 5.32 Å². The molecule has 1 saturated carbocycles. The molecule has 1 aliphatic carbocycles. The molecule has 0 bridgehead atoms. The highest BCUT2D eigenvalue weighted by Gasteiger charge is 2.48. The van der Waals surface area contributed by atoms with Gasteiger partial charge in [-0.2, -0.15) is 0 Å². The van der Waals surface area contributed by atoms with Crippen molar-refractivity contribution in [2.24, 2.45) is 11.8 Å². The molecule has 2 fully saturated rings. The minimum absolute atomic E-state index is 0.137. The van der Waals surface area contributed by atoms with E-state index in [0.717, 1.165) is 19.0 Å². The van der Waals surface area contributed by atoms with Gasteiger partial charge in [-0.1, -0.05) is 13.8 Å². The van der Waals surface area contributed by atoms with Crippen LogP contribution in [0.25, 0.3) is 0 Å². The van der Waals surface area contributed by atoms with Gasteiger partial charge < -0.3 is 5.32 Å². The highest BCUT2D eigenvalue weighted by Crippen LogP contribution is 2.44. The number of rotatable bonds is 6. The fourth-order valence-corrected chi connectivity index (χ4v) is 4.28. The van der Waals surface area contributed by atoms with E-state index in [0.29, 0.717) is 18.5 Å². The standard InChI is InChI=1S/C16H32N2O2S/c1-12(2)15-10-18(8-9-21(19,20)13(3)4)16(5,11-17-15)14-6-7-14/h12-15,17H,6-11H2,1-5H3. The molecule has 2 aliphatic rings. The Hall–Kier alpha value is -0.130. The highest BCUT2D eigenvalue weighted by molar-refractivity contribution is 7.92. The molecular formula is C16H32N2O2S. The first-order valence-corrected chi connectivity index (χ1v) is 10.1. The Morgan fingerprint density at radius 2 is 1.86 bits per heavy atom. The third-order valence-electron chi connectivity index (χ3n) is 5.49. The van der Waals surface area contributed by atoms with E-state index in [1.54, 1.807) is 13.8 Å². The van der Waals surface area contributed by atoms with Gasteiger partial charge in [-0.25, -0.2) is 8.42 Å². The molecule has 1 saturated heterocycles. The Bertz CT molecular complexity index is 457. The van der Waals surface area contributed by atoms with Crippen LogP contribution in [0.3, 0.4) is 0 Å². The van der Waals surface area contributed by atoms with Crippen molar-refractivity contribution >= 4 is 9.84 Å². The van der Waals surface area contributed by atoms with Crippen LogP contribution in [-0.2, 0) is 9.84 Å². The van der Waals surface area contributed by atoms with Gasteiger partial charge in [0.2, 0.25) is 0 Å². The summed E-state index contributed by atoms with van der Waals surface area (Å²) < 4.78 is 24.3. The summed E-state index contributed by atoms with van der Waals surface area (Å²) >= 11 is 0. The van der Waals surface area contributed by atoms with Gasteiger partial charge in [-0.05, 0) is 45.4 Å². The summed E-state index contributed by atoms with van der Waals surface area (Å²) in [7, 11) is -2.95. The maximum Gasteiger partial charge on any atom is 0.153 e. The molecule has 0 spiro atoms. The molecule has 5 heteroatoms. The predicted octanol–water partition coefficient (Wildman–Crippen LogP) is 1.91. The first-order chi connectivity index (χ1) is 9.67. The number of hydrogen-bond acceptors (Lipinski definition) is 4. The van der Waals surface area contributed by atoms with Crippen molar-refractivity contribution in [2.45, 2.75) is 64.3 Å². The van der Waals surface area contributed by atoms with Crippen molar-refractivity contribution in [1.29, 1.82) is 0 Å². The summed E-state index contributed by atoms with van der Waals surface area (Å²) in [6.07, 6.45) is 2.58. The largest absolute Gasteiger partial charge is 0.311 e. The van der Waals surface area contributed by atoms with E-state index in [4.69, 9.17) is 0 Å². The Kier molecular flexibility index (Phi) is 5.06. The van der Waals surface area contributed by atoms with Gasteiger partial charge in [0.05, 0.1) is 11.0 Å². The van der Waals surface area contributed by atoms with Crippen molar-refractivity contribution in [1.82, 2.24) is 10.2 Å². The van der Waals surface area contributed by atoms with Crippen LogP contribution in [0.1, 0.15) is 47.5 Å². The van der Waals surface area contributed by atoms with Crippen molar-refractivity contribution < 1.29 is 8.42 Å². The topological polar surface area (TPSA) is 49.4 Å². The molecule has 4 nitrogen and oxygen atoms in total. The Balaban J connectivity index is 2.07. The molecule has 2 atom stereocenters. The lowest BCUT2D eigenvalue weighted by molar-refractivity contribution is 0.0308. The summed E-state index contributed by atoms with van der Waals surface area (Å²) in [5.74, 6) is 1.61. The fourth-order valence-electron chi connectivity index (χ4n) is 3.33. The van der Waals surface area contributed by atoms with E-state index < -0.39 is 9.84 Å². The molecule has 0 aromatic carbocycles. The molecule has 21 heavy (non-hydrogen) atoms. The van der Waals surface area contributed by atoms with Crippen LogP contribution in [0, 0.1) is 11.8 Å². The maximum absolute atomic E-state index is 12.1. The Morgan fingerprint density at radius 3 is 2.33 bits per heavy atom. The zero-order valence-corrected chi connectivity index (χ0v) is 15.0. The predicted molar refractivity (Wildman–Crippen MR) is 88.3 cm³/mol. The molecule has 2 rings (SSSR count). The molecule has 2 unspecified atom stereocenters. The second kappa shape index (κ2) is 6.17.